The van der Waals surface area contributed by atoms with Crippen LogP contribution < -0.4 is 4.72 Å². The summed E-state index contributed by atoms with van der Waals surface area (Å²) in [7, 11) is -2.09. The van der Waals surface area contributed by atoms with Crippen molar-refractivity contribution in [3.8, 4) is 0 Å². The van der Waals surface area contributed by atoms with Crippen LogP contribution in [0.1, 0.15) is 16.1 Å². The van der Waals surface area contributed by atoms with Crippen LogP contribution in [-0.2, 0) is 23.6 Å². The normalized spacial score (nSPS) is 11.5. The Kier molecular flexibility index (Phi) is 4.31. The van der Waals surface area contributed by atoms with E-state index in [0.29, 0.717) is 5.69 Å². The van der Waals surface area contributed by atoms with Crippen molar-refractivity contribution in [3.05, 3.63) is 46.7 Å². The topological polar surface area (TPSA) is 101 Å². The Hall–Kier alpha value is -1.90. The van der Waals surface area contributed by atoms with E-state index < -0.39 is 16.0 Å². The molecule has 21 heavy (non-hydrogen) atoms. The fraction of sp³-hybridized carbons (Fsp3) is 0.167. The number of halogens is 1. The summed E-state index contributed by atoms with van der Waals surface area (Å²) >= 11 is 5.77. The number of hydrogen-bond donors (Lipinski definition) is 2. The molecule has 2 rings (SSSR count). The molecular formula is C12H12ClN3O4S. The van der Waals surface area contributed by atoms with Crippen LogP contribution in [0.4, 0.5) is 0 Å². The van der Waals surface area contributed by atoms with E-state index in [4.69, 9.17) is 16.7 Å². The minimum Gasteiger partial charge on any atom is -0.478 e. The molecule has 9 heteroatoms. The molecule has 7 nitrogen and oxygen atoms in total. The lowest BCUT2D eigenvalue weighted by Crippen LogP contribution is -2.24. The van der Waals surface area contributed by atoms with Crippen molar-refractivity contribution in [2.24, 2.45) is 7.05 Å². The van der Waals surface area contributed by atoms with Gasteiger partial charge in [0, 0.05) is 13.2 Å². The average Bonchev–Trinajstić information content (AvgIpc) is 2.81. The van der Waals surface area contributed by atoms with Crippen molar-refractivity contribution < 1.29 is 18.3 Å². The van der Waals surface area contributed by atoms with Gasteiger partial charge in [-0.05, 0) is 24.3 Å². The Morgan fingerprint density at radius 3 is 2.67 bits per heavy atom. The summed E-state index contributed by atoms with van der Waals surface area (Å²) in [6.45, 7) is 0.0666. The van der Waals surface area contributed by atoms with Gasteiger partial charge in [-0.25, -0.2) is 17.9 Å². The third-order valence-corrected chi connectivity index (χ3v) is 4.56. The van der Waals surface area contributed by atoms with Crippen molar-refractivity contribution in [2.75, 3.05) is 0 Å². The zero-order valence-corrected chi connectivity index (χ0v) is 12.5. The van der Waals surface area contributed by atoms with Crippen LogP contribution in [-0.4, -0.2) is 29.3 Å². The number of aromatic carboxylic acids is 1. The number of benzene rings is 1. The second-order valence-corrected chi connectivity index (χ2v) is 6.39. The van der Waals surface area contributed by atoms with Crippen molar-refractivity contribution in [2.45, 2.75) is 11.4 Å². The maximum atomic E-state index is 12.1. The molecule has 1 aromatic heterocycles. The zero-order chi connectivity index (χ0) is 15.6. The number of carboxylic acids is 1. The van der Waals surface area contributed by atoms with Crippen molar-refractivity contribution in [3.63, 3.8) is 0 Å². The van der Waals surface area contributed by atoms with E-state index in [1.807, 2.05) is 0 Å². The first-order chi connectivity index (χ1) is 9.81. The summed E-state index contributed by atoms with van der Waals surface area (Å²) in [5.74, 6) is -1.22. The number of carboxylic acid groups (broad SMARTS) is 1. The fourth-order valence-electron chi connectivity index (χ4n) is 1.66. The fourth-order valence-corrected chi connectivity index (χ4v) is 3.01. The minimum atomic E-state index is -3.79. The van der Waals surface area contributed by atoms with Gasteiger partial charge in [-0.1, -0.05) is 11.6 Å². The second kappa shape index (κ2) is 5.84. The van der Waals surface area contributed by atoms with Gasteiger partial charge in [-0.15, -0.1) is 0 Å². The minimum absolute atomic E-state index is 0.0666. The quantitative estimate of drug-likeness (QED) is 0.859. The van der Waals surface area contributed by atoms with Crippen LogP contribution in [0.2, 0.25) is 5.02 Å². The van der Waals surface area contributed by atoms with Gasteiger partial charge in [0.05, 0.1) is 27.7 Å². The molecule has 0 aliphatic carbocycles. The molecule has 112 valence electrons. The molecule has 0 bridgehead atoms. The molecule has 2 N–H and O–H groups in total. The van der Waals surface area contributed by atoms with Crippen molar-refractivity contribution in [1.29, 1.82) is 0 Å². The highest BCUT2D eigenvalue weighted by Crippen LogP contribution is 2.21. The number of hydrogen-bond acceptors (Lipinski definition) is 4. The van der Waals surface area contributed by atoms with Gasteiger partial charge >= 0.3 is 5.97 Å². The molecule has 0 fully saturated rings. The number of nitrogens with one attached hydrogen (secondary N) is 1. The first-order valence-corrected chi connectivity index (χ1v) is 7.67. The lowest BCUT2D eigenvalue weighted by Gasteiger charge is -2.08. The van der Waals surface area contributed by atoms with Crippen LogP contribution in [0.5, 0.6) is 0 Å². The number of sulfonamides is 1. The van der Waals surface area contributed by atoms with E-state index in [1.54, 1.807) is 24.0 Å². The summed E-state index contributed by atoms with van der Waals surface area (Å²) in [6.07, 6.45) is 1.56. The highest BCUT2D eigenvalue weighted by Gasteiger charge is 2.18. The molecule has 0 saturated carbocycles. The van der Waals surface area contributed by atoms with Crippen LogP contribution in [0, 0.1) is 0 Å². The molecule has 0 amide bonds. The summed E-state index contributed by atoms with van der Waals surface area (Å²) in [6, 6.07) is 5.14. The van der Waals surface area contributed by atoms with Gasteiger partial charge in [-0.2, -0.15) is 5.10 Å². The third-order valence-electron chi connectivity index (χ3n) is 2.85. The van der Waals surface area contributed by atoms with E-state index in [0.717, 1.165) is 12.1 Å². The Labute approximate surface area is 126 Å². The second-order valence-electron chi connectivity index (χ2n) is 4.22. The Bertz CT molecular complexity index is 786. The summed E-state index contributed by atoms with van der Waals surface area (Å²) < 4.78 is 28.2. The van der Waals surface area contributed by atoms with E-state index in [1.165, 1.54) is 6.07 Å². The van der Waals surface area contributed by atoms with E-state index >= 15 is 0 Å². The molecule has 0 unspecified atom stereocenters. The van der Waals surface area contributed by atoms with Crippen molar-refractivity contribution in [1.82, 2.24) is 14.5 Å². The van der Waals surface area contributed by atoms with Crippen LogP contribution >= 0.6 is 11.6 Å². The number of aromatic nitrogens is 2. The molecule has 2 aromatic rings. The van der Waals surface area contributed by atoms with E-state index in [9.17, 15) is 13.2 Å². The molecule has 1 heterocycles. The average molecular weight is 330 g/mol. The van der Waals surface area contributed by atoms with Gasteiger partial charge in [-0.3, -0.25) is 4.68 Å². The van der Waals surface area contributed by atoms with Gasteiger partial charge < -0.3 is 5.11 Å². The van der Waals surface area contributed by atoms with Crippen LogP contribution in [0.3, 0.4) is 0 Å². The van der Waals surface area contributed by atoms with Crippen LogP contribution in [0.25, 0.3) is 0 Å². The molecule has 0 atom stereocenters. The van der Waals surface area contributed by atoms with E-state index in [2.05, 4.69) is 9.82 Å². The van der Waals surface area contributed by atoms with Gasteiger partial charge in [0.1, 0.15) is 0 Å². The molecule has 0 saturated heterocycles. The standard InChI is InChI=1S/C12H12ClN3O4S/c1-16-8(4-5-14-16)7-15-21(19,20)9-2-3-10(12(17)18)11(13)6-9/h2-6,15H,7H2,1H3,(H,17,18). The first kappa shape index (κ1) is 15.5. The smallest absolute Gasteiger partial charge is 0.337 e. The lowest BCUT2D eigenvalue weighted by molar-refractivity contribution is 0.0697. The SMILES string of the molecule is Cn1nccc1CNS(=O)(=O)c1ccc(C(=O)O)c(Cl)c1. The number of aryl methyl sites for hydroxylation is 1. The Morgan fingerprint density at radius 2 is 2.14 bits per heavy atom. The maximum Gasteiger partial charge on any atom is 0.337 e. The predicted octanol–water partition coefficient (Wildman–Crippen LogP) is 1.25. The predicted molar refractivity (Wildman–Crippen MR) is 75.6 cm³/mol. The van der Waals surface area contributed by atoms with Crippen molar-refractivity contribution >= 4 is 27.6 Å². The third kappa shape index (κ3) is 3.41. The van der Waals surface area contributed by atoms with Gasteiger partial charge in [0.25, 0.3) is 0 Å². The first-order valence-electron chi connectivity index (χ1n) is 5.80. The highest BCUT2D eigenvalue weighted by molar-refractivity contribution is 7.89. The highest BCUT2D eigenvalue weighted by atomic mass is 35.5. The molecule has 0 radical (unpaired) electrons. The largest absolute Gasteiger partial charge is 0.478 e. The monoisotopic (exact) mass is 329 g/mol. The lowest BCUT2D eigenvalue weighted by atomic mass is 10.2. The van der Waals surface area contributed by atoms with Crippen LogP contribution in [0.15, 0.2) is 35.4 Å². The molecule has 0 aliphatic rings. The summed E-state index contributed by atoms with van der Waals surface area (Å²) in [5, 5.41) is 12.7. The molecule has 0 aliphatic heterocycles. The number of carbonyl (C=O) groups is 1. The maximum absolute atomic E-state index is 12.1. The molecule has 1 aromatic carbocycles. The Morgan fingerprint density at radius 1 is 1.43 bits per heavy atom. The van der Waals surface area contributed by atoms with E-state index in [-0.39, 0.29) is 22.0 Å². The zero-order valence-electron chi connectivity index (χ0n) is 10.9. The number of nitrogens with zero attached hydrogens (tertiary/aromatic N) is 2. The van der Waals surface area contributed by atoms with Gasteiger partial charge in [0.2, 0.25) is 10.0 Å². The molecular weight excluding hydrogens is 318 g/mol. The summed E-state index contributed by atoms with van der Waals surface area (Å²) in [5.41, 5.74) is 0.536. The summed E-state index contributed by atoms with van der Waals surface area (Å²) in [4.78, 5) is 10.7. The molecule has 0 spiro atoms. The Balaban J connectivity index is 2.22. The number of rotatable bonds is 5. The van der Waals surface area contributed by atoms with Gasteiger partial charge in [0.15, 0.2) is 0 Å².